The second-order valence-electron chi connectivity index (χ2n) is 6.51. The smallest absolute Gasteiger partial charge is 0.225 e. The molecule has 0 N–H and O–H groups in total. The van der Waals surface area contributed by atoms with Gasteiger partial charge in [-0.25, -0.2) is 9.37 Å². The number of rotatable bonds is 4. The van der Waals surface area contributed by atoms with Gasteiger partial charge >= 0.3 is 0 Å². The van der Waals surface area contributed by atoms with Crippen LogP contribution < -0.4 is 4.90 Å². The van der Waals surface area contributed by atoms with Gasteiger partial charge in [0.05, 0.1) is 10.0 Å². The molecular weight excluding hydrogens is 376 g/mol. The second kappa shape index (κ2) is 8.23. The second-order valence-corrected chi connectivity index (χ2v) is 7.35. The van der Waals surface area contributed by atoms with Crippen LogP contribution in [-0.4, -0.2) is 42.0 Å². The van der Waals surface area contributed by atoms with Crippen molar-refractivity contribution in [2.45, 2.75) is 13.3 Å². The maximum Gasteiger partial charge on any atom is 0.225 e. The summed E-state index contributed by atoms with van der Waals surface area (Å²) >= 11 is 12.1. The van der Waals surface area contributed by atoms with Crippen molar-refractivity contribution in [2.75, 3.05) is 31.1 Å². The third-order valence-corrected chi connectivity index (χ3v) is 5.02. The van der Waals surface area contributed by atoms with Gasteiger partial charge in [-0.2, -0.15) is 0 Å². The minimum absolute atomic E-state index is 0.0871. The number of piperazine rings is 1. The summed E-state index contributed by atoms with van der Waals surface area (Å²) in [4.78, 5) is 20.9. The summed E-state index contributed by atoms with van der Waals surface area (Å²) in [6.07, 6.45) is 2.10. The molecule has 3 rings (SSSR count). The Morgan fingerprint density at radius 3 is 2.62 bits per heavy atom. The molecule has 0 saturated carbocycles. The van der Waals surface area contributed by atoms with E-state index in [4.69, 9.17) is 23.2 Å². The predicted molar refractivity (Wildman–Crippen MR) is 102 cm³/mol. The summed E-state index contributed by atoms with van der Waals surface area (Å²) in [5.41, 5.74) is 0.835. The van der Waals surface area contributed by atoms with Crippen LogP contribution in [0.4, 0.5) is 10.2 Å². The van der Waals surface area contributed by atoms with Crippen molar-refractivity contribution in [3.05, 3.63) is 58.0 Å². The molecule has 1 atom stereocenters. The molecule has 1 fully saturated rings. The minimum Gasteiger partial charge on any atom is -0.352 e. The fourth-order valence-electron chi connectivity index (χ4n) is 3.20. The van der Waals surface area contributed by atoms with Gasteiger partial charge in [-0.3, -0.25) is 4.79 Å². The molecule has 138 valence electrons. The first kappa shape index (κ1) is 18.9. The Kier molecular flexibility index (Phi) is 5.99. The van der Waals surface area contributed by atoms with E-state index in [9.17, 15) is 9.18 Å². The van der Waals surface area contributed by atoms with E-state index < -0.39 is 0 Å². The molecule has 1 unspecified atom stereocenters. The largest absolute Gasteiger partial charge is 0.352 e. The number of amides is 1. The molecule has 1 aliphatic rings. The van der Waals surface area contributed by atoms with E-state index in [1.165, 1.54) is 12.1 Å². The number of anilines is 1. The van der Waals surface area contributed by atoms with E-state index >= 15 is 0 Å². The lowest BCUT2D eigenvalue weighted by Crippen LogP contribution is -2.50. The molecule has 0 bridgehead atoms. The SMILES string of the molecule is CC(Cc1cccc(F)c1)C(=O)N1CCN(c2ncc(Cl)cc2Cl)CC1. The summed E-state index contributed by atoms with van der Waals surface area (Å²) in [6, 6.07) is 8.08. The van der Waals surface area contributed by atoms with E-state index in [1.54, 1.807) is 18.3 Å². The number of carbonyl (C=O) groups is 1. The van der Waals surface area contributed by atoms with Crippen LogP contribution in [0.1, 0.15) is 12.5 Å². The number of aromatic nitrogens is 1. The quantitative estimate of drug-likeness (QED) is 0.782. The van der Waals surface area contributed by atoms with Crippen molar-refractivity contribution >= 4 is 34.9 Å². The number of carbonyl (C=O) groups excluding carboxylic acids is 1. The zero-order valence-corrected chi connectivity index (χ0v) is 16.0. The van der Waals surface area contributed by atoms with Gasteiger partial charge in [0, 0.05) is 38.3 Å². The van der Waals surface area contributed by atoms with Crippen LogP contribution in [0.2, 0.25) is 10.0 Å². The highest BCUT2D eigenvalue weighted by Crippen LogP contribution is 2.27. The summed E-state index contributed by atoms with van der Waals surface area (Å²) in [5.74, 6) is 0.309. The number of nitrogens with zero attached hydrogens (tertiary/aromatic N) is 3. The van der Waals surface area contributed by atoms with Gasteiger partial charge < -0.3 is 9.80 Å². The Bertz CT molecular complexity index is 794. The zero-order valence-electron chi connectivity index (χ0n) is 14.5. The van der Waals surface area contributed by atoms with Crippen LogP contribution in [0.25, 0.3) is 0 Å². The maximum atomic E-state index is 13.3. The molecule has 26 heavy (non-hydrogen) atoms. The monoisotopic (exact) mass is 395 g/mol. The van der Waals surface area contributed by atoms with E-state index in [0.717, 1.165) is 5.56 Å². The standard InChI is InChI=1S/C19H20Cl2FN3O/c1-13(9-14-3-2-4-16(22)10-14)19(26)25-7-5-24(6-8-25)18-17(21)11-15(20)12-23-18/h2-4,10-13H,5-9H2,1H3. The highest BCUT2D eigenvalue weighted by molar-refractivity contribution is 6.36. The molecule has 0 aliphatic carbocycles. The molecule has 4 nitrogen and oxygen atoms in total. The van der Waals surface area contributed by atoms with Crippen molar-refractivity contribution < 1.29 is 9.18 Å². The molecule has 1 aliphatic heterocycles. The molecule has 1 saturated heterocycles. The Hall–Kier alpha value is -1.85. The topological polar surface area (TPSA) is 36.4 Å². The molecule has 2 heterocycles. The van der Waals surface area contributed by atoms with Gasteiger partial charge in [-0.1, -0.05) is 42.3 Å². The average Bonchev–Trinajstić information content (AvgIpc) is 2.61. The highest BCUT2D eigenvalue weighted by Gasteiger charge is 2.26. The van der Waals surface area contributed by atoms with Gasteiger partial charge in [-0.15, -0.1) is 0 Å². The number of benzene rings is 1. The Morgan fingerprint density at radius 2 is 1.96 bits per heavy atom. The van der Waals surface area contributed by atoms with E-state index in [0.29, 0.717) is 48.5 Å². The van der Waals surface area contributed by atoms with Crippen LogP contribution >= 0.6 is 23.2 Å². The third kappa shape index (κ3) is 4.46. The first-order valence-corrected chi connectivity index (χ1v) is 9.29. The summed E-state index contributed by atoms with van der Waals surface area (Å²) in [7, 11) is 0. The zero-order chi connectivity index (χ0) is 18.7. The van der Waals surface area contributed by atoms with E-state index in [1.807, 2.05) is 17.9 Å². The molecule has 0 spiro atoms. The number of halogens is 3. The number of hydrogen-bond donors (Lipinski definition) is 0. The Labute approximate surface area is 162 Å². The fraction of sp³-hybridized carbons (Fsp3) is 0.368. The van der Waals surface area contributed by atoms with E-state index in [2.05, 4.69) is 9.88 Å². The molecule has 7 heteroatoms. The van der Waals surface area contributed by atoms with Gasteiger partial charge in [-0.05, 0) is 30.2 Å². The van der Waals surface area contributed by atoms with Crippen LogP contribution in [0.3, 0.4) is 0 Å². The average molecular weight is 396 g/mol. The molecule has 1 aromatic carbocycles. The molecule has 2 aromatic rings. The van der Waals surface area contributed by atoms with E-state index in [-0.39, 0.29) is 17.6 Å². The Morgan fingerprint density at radius 1 is 1.23 bits per heavy atom. The molecule has 1 amide bonds. The number of hydrogen-bond acceptors (Lipinski definition) is 3. The summed E-state index contributed by atoms with van der Waals surface area (Å²) < 4.78 is 13.3. The van der Waals surface area contributed by atoms with Crippen molar-refractivity contribution in [3.63, 3.8) is 0 Å². The van der Waals surface area contributed by atoms with Crippen molar-refractivity contribution in [1.82, 2.24) is 9.88 Å². The molecule has 0 radical (unpaired) electrons. The predicted octanol–water partition coefficient (Wildman–Crippen LogP) is 4.05. The lowest BCUT2D eigenvalue weighted by molar-refractivity contribution is -0.135. The van der Waals surface area contributed by atoms with Crippen molar-refractivity contribution in [1.29, 1.82) is 0 Å². The van der Waals surface area contributed by atoms with Gasteiger partial charge in [0.25, 0.3) is 0 Å². The lowest BCUT2D eigenvalue weighted by Gasteiger charge is -2.36. The Balaban J connectivity index is 1.57. The summed E-state index contributed by atoms with van der Waals surface area (Å²) in [6.45, 7) is 4.41. The van der Waals surface area contributed by atoms with Crippen LogP contribution in [0, 0.1) is 11.7 Å². The first-order chi connectivity index (χ1) is 12.4. The van der Waals surface area contributed by atoms with Crippen molar-refractivity contribution in [3.8, 4) is 0 Å². The van der Waals surface area contributed by atoms with Gasteiger partial charge in [0.1, 0.15) is 11.6 Å². The number of pyridine rings is 1. The maximum absolute atomic E-state index is 13.3. The first-order valence-electron chi connectivity index (χ1n) is 8.53. The van der Waals surface area contributed by atoms with Gasteiger partial charge in [0.15, 0.2) is 0 Å². The normalized spacial score (nSPS) is 15.8. The van der Waals surface area contributed by atoms with Crippen LogP contribution in [-0.2, 0) is 11.2 Å². The third-order valence-electron chi connectivity index (χ3n) is 4.53. The molecular formula is C19H20Cl2FN3O. The lowest BCUT2D eigenvalue weighted by atomic mass is 9.99. The van der Waals surface area contributed by atoms with Gasteiger partial charge in [0.2, 0.25) is 5.91 Å². The highest BCUT2D eigenvalue weighted by atomic mass is 35.5. The summed E-state index contributed by atoms with van der Waals surface area (Å²) in [5, 5.41) is 1.01. The molecule has 1 aromatic heterocycles. The minimum atomic E-state index is -0.275. The fourth-order valence-corrected chi connectivity index (χ4v) is 3.69. The van der Waals surface area contributed by atoms with Crippen LogP contribution in [0.15, 0.2) is 36.5 Å². The van der Waals surface area contributed by atoms with Crippen LogP contribution in [0.5, 0.6) is 0 Å². The van der Waals surface area contributed by atoms with Crippen molar-refractivity contribution in [2.24, 2.45) is 5.92 Å².